The fourth-order valence-corrected chi connectivity index (χ4v) is 2.37. The standard InChI is InChI=1S/C14H12ClN5S/c15-12-3-1-2-10(8-12)9-17-20-13(18-19-14(20)21)11-4-6-16-7-5-11/h1-8,17H,9H2,(H,19,21). The monoisotopic (exact) mass is 317 g/mol. The fraction of sp³-hybridized carbons (Fsp3) is 0.0714. The molecule has 0 spiro atoms. The molecule has 0 radical (unpaired) electrons. The van der Waals surface area contributed by atoms with E-state index in [1.807, 2.05) is 36.4 Å². The molecular weight excluding hydrogens is 306 g/mol. The molecule has 0 aliphatic rings. The van der Waals surface area contributed by atoms with Gasteiger partial charge in [-0.25, -0.2) is 9.77 Å². The number of nitrogens with zero attached hydrogens (tertiary/aromatic N) is 3. The molecule has 106 valence electrons. The zero-order chi connectivity index (χ0) is 14.7. The molecule has 3 rings (SSSR count). The summed E-state index contributed by atoms with van der Waals surface area (Å²) in [4.78, 5) is 4.00. The third-order valence-electron chi connectivity index (χ3n) is 2.94. The maximum atomic E-state index is 5.98. The van der Waals surface area contributed by atoms with Crippen molar-refractivity contribution < 1.29 is 0 Å². The van der Waals surface area contributed by atoms with Crippen LogP contribution in [0, 0.1) is 4.77 Å². The third-order valence-corrected chi connectivity index (χ3v) is 3.45. The van der Waals surface area contributed by atoms with Crippen LogP contribution < -0.4 is 5.43 Å². The number of H-pyrrole nitrogens is 1. The van der Waals surface area contributed by atoms with Crippen LogP contribution in [0.5, 0.6) is 0 Å². The molecule has 0 amide bonds. The van der Waals surface area contributed by atoms with E-state index in [2.05, 4.69) is 20.6 Å². The Morgan fingerprint density at radius 1 is 1.24 bits per heavy atom. The summed E-state index contributed by atoms with van der Waals surface area (Å²) in [6.07, 6.45) is 3.43. The van der Waals surface area contributed by atoms with Gasteiger partial charge in [-0.3, -0.25) is 4.98 Å². The van der Waals surface area contributed by atoms with E-state index in [-0.39, 0.29) is 0 Å². The molecule has 2 N–H and O–H groups in total. The van der Waals surface area contributed by atoms with Gasteiger partial charge in [0.05, 0.1) is 6.54 Å². The Labute approximate surface area is 131 Å². The lowest BCUT2D eigenvalue weighted by atomic mass is 10.2. The van der Waals surface area contributed by atoms with Crippen molar-refractivity contribution in [1.82, 2.24) is 19.9 Å². The third kappa shape index (κ3) is 3.12. The highest BCUT2D eigenvalue weighted by atomic mass is 35.5. The lowest BCUT2D eigenvalue weighted by Crippen LogP contribution is -2.15. The van der Waals surface area contributed by atoms with E-state index in [0.29, 0.717) is 22.2 Å². The van der Waals surface area contributed by atoms with Crippen LogP contribution >= 0.6 is 23.8 Å². The molecule has 0 fully saturated rings. The van der Waals surface area contributed by atoms with Crippen LogP contribution in [0.15, 0.2) is 48.8 Å². The normalized spacial score (nSPS) is 10.5. The molecule has 2 aromatic heterocycles. The Balaban J connectivity index is 1.86. The molecular formula is C14H12ClN5S. The molecule has 2 heterocycles. The molecule has 5 nitrogen and oxygen atoms in total. The molecule has 0 aliphatic carbocycles. The maximum Gasteiger partial charge on any atom is 0.214 e. The van der Waals surface area contributed by atoms with E-state index in [4.69, 9.17) is 23.8 Å². The maximum absolute atomic E-state index is 5.98. The number of rotatable bonds is 4. The largest absolute Gasteiger partial charge is 0.317 e. The second-order valence-electron chi connectivity index (χ2n) is 4.39. The van der Waals surface area contributed by atoms with Crippen molar-refractivity contribution >= 4 is 23.8 Å². The molecule has 0 saturated carbocycles. The van der Waals surface area contributed by atoms with Crippen LogP contribution in [0.25, 0.3) is 11.4 Å². The van der Waals surface area contributed by atoms with E-state index in [9.17, 15) is 0 Å². The van der Waals surface area contributed by atoms with Gasteiger partial charge in [-0.15, -0.1) is 0 Å². The zero-order valence-electron chi connectivity index (χ0n) is 11.0. The van der Waals surface area contributed by atoms with Gasteiger partial charge in [-0.05, 0) is 42.0 Å². The van der Waals surface area contributed by atoms with E-state index >= 15 is 0 Å². The lowest BCUT2D eigenvalue weighted by molar-refractivity contribution is 0.831. The van der Waals surface area contributed by atoms with E-state index in [1.165, 1.54) is 0 Å². The Kier molecular flexibility index (Phi) is 3.98. The number of pyridine rings is 1. The van der Waals surface area contributed by atoms with Crippen molar-refractivity contribution in [3.05, 3.63) is 64.1 Å². The van der Waals surface area contributed by atoms with Crippen molar-refractivity contribution in [2.24, 2.45) is 0 Å². The van der Waals surface area contributed by atoms with Gasteiger partial charge in [0.25, 0.3) is 0 Å². The number of aromatic nitrogens is 4. The summed E-state index contributed by atoms with van der Waals surface area (Å²) in [6, 6.07) is 11.4. The number of halogens is 1. The van der Waals surface area contributed by atoms with Crippen LogP contribution in [0.2, 0.25) is 5.02 Å². The van der Waals surface area contributed by atoms with Crippen molar-refractivity contribution in [3.8, 4) is 11.4 Å². The van der Waals surface area contributed by atoms with Gasteiger partial charge >= 0.3 is 0 Å². The van der Waals surface area contributed by atoms with Gasteiger partial charge in [0.15, 0.2) is 5.82 Å². The minimum atomic E-state index is 0.504. The minimum absolute atomic E-state index is 0.504. The Morgan fingerprint density at radius 2 is 2.05 bits per heavy atom. The molecule has 0 aliphatic heterocycles. The predicted octanol–water partition coefficient (Wildman–Crippen LogP) is 3.40. The molecule has 1 aromatic carbocycles. The Morgan fingerprint density at radius 3 is 2.81 bits per heavy atom. The van der Waals surface area contributed by atoms with Gasteiger partial charge in [0, 0.05) is 23.0 Å². The first-order valence-corrected chi connectivity index (χ1v) is 7.09. The number of benzene rings is 1. The van der Waals surface area contributed by atoms with Crippen LogP contribution in [-0.2, 0) is 6.54 Å². The zero-order valence-corrected chi connectivity index (χ0v) is 12.5. The van der Waals surface area contributed by atoms with Crippen molar-refractivity contribution in [2.45, 2.75) is 6.54 Å². The van der Waals surface area contributed by atoms with Gasteiger partial charge in [-0.1, -0.05) is 23.7 Å². The van der Waals surface area contributed by atoms with Gasteiger partial charge < -0.3 is 5.43 Å². The van der Waals surface area contributed by atoms with Crippen LogP contribution in [-0.4, -0.2) is 19.9 Å². The first kappa shape index (κ1) is 13.8. The smallest absolute Gasteiger partial charge is 0.214 e. The lowest BCUT2D eigenvalue weighted by Gasteiger charge is -2.10. The first-order chi connectivity index (χ1) is 10.2. The predicted molar refractivity (Wildman–Crippen MR) is 85.2 cm³/mol. The first-order valence-electron chi connectivity index (χ1n) is 6.30. The van der Waals surface area contributed by atoms with Crippen molar-refractivity contribution in [2.75, 3.05) is 5.43 Å². The second kappa shape index (κ2) is 6.07. The van der Waals surface area contributed by atoms with E-state index in [0.717, 1.165) is 11.1 Å². The average Bonchev–Trinajstić information content (AvgIpc) is 2.87. The SMILES string of the molecule is S=c1[nH]nc(-c2ccncc2)n1NCc1cccc(Cl)c1. The molecule has 3 aromatic rings. The molecule has 0 saturated heterocycles. The highest BCUT2D eigenvalue weighted by molar-refractivity contribution is 7.71. The fourth-order valence-electron chi connectivity index (χ4n) is 1.96. The molecule has 0 bridgehead atoms. The number of aromatic amines is 1. The summed E-state index contributed by atoms with van der Waals surface area (Å²) >= 11 is 11.2. The Bertz CT molecular complexity index is 796. The Hall–Kier alpha value is -2.18. The van der Waals surface area contributed by atoms with Gasteiger partial charge in [0.2, 0.25) is 4.77 Å². The summed E-state index contributed by atoms with van der Waals surface area (Å²) in [7, 11) is 0. The summed E-state index contributed by atoms with van der Waals surface area (Å²) in [6.45, 7) is 0.590. The second-order valence-corrected chi connectivity index (χ2v) is 5.21. The van der Waals surface area contributed by atoms with Gasteiger partial charge in [-0.2, -0.15) is 5.10 Å². The summed E-state index contributed by atoms with van der Waals surface area (Å²) in [5.41, 5.74) is 5.23. The summed E-state index contributed by atoms with van der Waals surface area (Å²) < 4.78 is 2.25. The highest BCUT2D eigenvalue weighted by Gasteiger charge is 2.08. The van der Waals surface area contributed by atoms with E-state index in [1.54, 1.807) is 17.1 Å². The van der Waals surface area contributed by atoms with Crippen molar-refractivity contribution in [3.63, 3.8) is 0 Å². The van der Waals surface area contributed by atoms with Crippen LogP contribution in [0.3, 0.4) is 0 Å². The molecule has 21 heavy (non-hydrogen) atoms. The van der Waals surface area contributed by atoms with E-state index < -0.39 is 0 Å². The summed E-state index contributed by atoms with van der Waals surface area (Å²) in [5.74, 6) is 0.712. The highest BCUT2D eigenvalue weighted by Crippen LogP contribution is 2.15. The molecule has 7 heteroatoms. The number of nitrogens with one attached hydrogen (secondary N) is 2. The quantitative estimate of drug-likeness (QED) is 0.724. The summed E-state index contributed by atoms with van der Waals surface area (Å²) in [5, 5.41) is 7.74. The van der Waals surface area contributed by atoms with Crippen molar-refractivity contribution in [1.29, 1.82) is 0 Å². The van der Waals surface area contributed by atoms with Gasteiger partial charge in [0.1, 0.15) is 0 Å². The van der Waals surface area contributed by atoms with Crippen LogP contribution in [0.1, 0.15) is 5.56 Å². The topological polar surface area (TPSA) is 58.5 Å². The molecule has 0 atom stereocenters. The average molecular weight is 318 g/mol. The van der Waals surface area contributed by atoms with Crippen LogP contribution in [0.4, 0.5) is 0 Å². The number of hydrogen-bond donors (Lipinski definition) is 2. The minimum Gasteiger partial charge on any atom is -0.317 e. The molecule has 0 unspecified atom stereocenters. The number of hydrogen-bond acceptors (Lipinski definition) is 4.